The van der Waals surface area contributed by atoms with Crippen LogP contribution in [0.15, 0.2) is 53.0 Å². The molecule has 0 spiro atoms. The van der Waals surface area contributed by atoms with Crippen LogP contribution >= 0.6 is 15.9 Å². The van der Waals surface area contributed by atoms with E-state index < -0.39 is 6.04 Å². The lowest BCUT2D eigenvalue weighted by molar-refractivity contribution is -0.122. The van der Waals surface area contributed by atoms with Gasteiger partial charge in [0.2, 0.25) is 17.7 Å². The first-order valence-electron chi connectivity index (χ1n) is 8.69. The molecule has 0 aliphatic rings. The molecule has 1 atom stereocenters. The van der Waals surface area contributed by atoms with Crippen LogP contribution in [0.25, 0.3) is 0 Å². The average molecular weight is 447 g/mol. The topological polar surface area (TPSA) is 90.5 Å². The number of para-hydroxylation sites is 1. The van der Waals surface area contributed by atoms with Crippen molar-refractivity contribution in [2.24, 2.45) is 0 Å². The van der Waals surface area contributed by atoms with Gasteiger partial charge in [-0.2, -0.15) is 0 Å². The Bertz CT molecular complexity index is 855. The second-order valence-corrected chi connectivity index (χ2v) is 7.22. The SMILES string of the molecule is CC(=O)Nc1ccc(NC(=O)[C@H](C)N(C)CC(=O)Nc2ccccc2Br)cc1. The number of anilines is 3. The highest BCUT2D eigenvalue weighted by molar-refractivity contribution is 9.10. The molecule has 0 heterocycles. The largest absolute Gasteiger partial charge is 0.326 e. The smallest absolute Gasteiger partial charge is 0.241 e. The summed E-state index contributed by atoms with van der Waals surface area (Å²) in [5.41, 5.74) is 1.94. The number of hydrogen-bond acceptors (Lipinski definition) is 4. The van der Waals surface area contributed by atoms with E-state index in [2.05, 4.69) is 31.9 Å². The number of amides is 3. The first-order valence-corrected chi connectivity index (χ1v) is 9.48. The number of nitrogens with zero attached hydrogens (tertiary/aromatic N) is 1. The summed E-state index contributed by atoms with van der Waals surface area (Å²) in [6.07, 6.45) is 0. The van der Waals surface area contributed by atoms with E-state index in [0.29, 0.717) is 17.1 Å². The Labute approximate surface area is 172 Å². The van der Waals surface area contributed by atoms with Crippen LogP contribution in [0.3, 0.4) is 0 Å². The van der Waals surface area contributed by atoms with Crippen molar-refractivity contribution in [2.75, 3.05) is 29.5 Å². The summed E-state index contributed by atoms with van der Waals surface area (Å²) in [4.78, 5) is 37.4. The molecule has 0 unspecified atom stereocenters. The molecular formula is C20H23BrN4O3. The summed E-state index contributed by atoms with van der Waals surface area (Å²) in [7, 11) is 1.71. The lowest BCUT2D eigenvalue weighted by Gasteiger charge is -2.23. The zero-order chi connectivity index (χ0) is 20.7. The minimum Gasteiger partial charge on any atom is -0.326 e. The van der Waals surface area contributed by atoms with E-state index in [1.165, 1.54) is 6.92 Å². The summed E-state index contributed by atoms with van der Waals surface area (Å²) in [5, 5.41) is 8.28. The third-order valence-corrected chi connectivity index (χ3v) is 4.75. The number of nitrogens with one attached hydrogen (secondary N) is 3. The highest BCUT2D eigenvalue weighted by atomic mass is 79.9. The molecule has 0 aliphatic heterocycles. The van der Waals surface area contributed by atoms with Crippen molar-refractivity contribution in [3.8, 4) is 0 Å². The van der Waals surface area contributed by atoms with Crippen molar-refractivity contribution in [3.63, 3.8) is 0 Å². The molecule has 2 aromatic carbocycles. The van der Waals surface area contributed by atoms with Crippen molar-refractivity contribution in [3.05, 3.63) is 53.0 Å². The van der Waals surface area contributed by atoms with E-state index in [1.54, 1.807) is 49.2 Å². The molecule has 28 heavy (non-hydrogen) atoms. The van der Waals surface area contributed by atoms with Gasteiger partial charge >= 0.3 is 0 Å². The van der Waals surface area contributed by atoms with Gasteiger partial charge in [0.15, 0.2) is 0 Å². The van der Waals surface area contributed by atoms with E-state index in [9.17, 15) is 14.4 Å². The van der Waals surface area contributed by atoms with E-state index in [4.69, 9.17) is 0 Å². The molecule has 0 bridgehead atoms. The minimum absolute atomic E-state index is 0.0669. The molecule has 0 aromatic heterocycles. The fourth-order valence-corrected chi connectivity index (χ4v) is 2.79. The van der Waals surface area contributed by atoms with Gasteiger partial charge in [-0.25, -0.2) is 0 Å². The minimum atomic E-state index is -0.514. The molecule has 0 saturated carbocycles. The number of carbonyl (C=O) groups excluding carboxylic acids is 3. The Hall–Kier alpha value is -2.71. The van der Waals surface area contributed by atoms with Crippen molar-refractivity contribution in [1.29, 1.82) is 0 Å². The monoisotopic (exact) mass is 446 g/mol. The van der Waals surface area contributed by atoms with Crippen LogP contribution in [-0.4, -0.2) is 42.3 Å². The van der Waals surface area contributed by atoms with E-state index >= 15 is 0 Å². The van der Waals surface area contributed by atoms with Crippen molar-refractivity contribution in [1.82, 2.24) is 4.90 Å². The van der Waals surface area contributed by atoms with Gasteiger partial charge < -0.3 is 16.0 Å². The number of carbonyl (C=O) groups is 3. The van der Waals surface area contributed by atoms with Crippen LogP contribution in [-0.2, 0) is 14.4 Å². The Kier molecular flexibility index (Phi) is 7.71. The quantitative estimate of drug-likeness (QED) is 0.608. The van der Waals surface area contributed by atoms with Crippen LogP contribution in [0.1, 0.15) is 13.8 Å². The second-order valence-electron chi connectivity index (χ2n) is 6.37. The first-order chi connectivity index (χ1) is 13.3. The fourth-order valence-electron chi connectivity index (χ4n) is 2.40. The van der Waals surface area contributed by atoms with Gasteiger partial charge in [0.05, 0.1) is 18.3 Å². The van der Waals surface area contributed by atoms with Gasteiger partial charge in [-0.05, 0) is 66.3 Å². The van der Waals surface area contributed by atoms with E-state index in [0.717, 1.165) is 4.47 Å². The molecule has 2 aromatic rings. The van der Waals surface area contributed by atoms with Crippen molar-refractivity contribution < 1.29 is 14.4 Å². The zero-order valence-electron chi connectivity index (χ0n) is 16.0. The maximum absolute atomic E-state index is 12.4. The highest BCUT2D eigenvalue weighted by Gasteiger charge is 2.20. The molecule has 0 saturated heterocycles. The van der Waals surface area contributed by atoms with Gasteiger partial charge in [-0.1, -0.05) is 12.1 Å². The van der Waals surface area contributed by atoms with Crippen LogP contribution < -0.4 is 16.0 Å². The maximum atomic E-state index is 12.4. The number of likely N-dealkylation sites (N-methyl/N-ethyl adjacent to an activating group) is 1. The van der Waals surface area contributed by atoms with E-state index in [1.807, 2.05) is 18.2 Å². The molecule has 0 aliphatic carbocycles. The molecule has 148 valence electrons. The average Bonchev–Trinajstić information content (AvgIpc) is 2.64. The molecule has 3 N–H and O–H groups in total. The van der Waals surface area contributed by atoms with Gasteiger partial charge in [0.1, 0.15) is 0 Å². The molecule has 8 heteroatoms. The Morgan fingerprint density at radius 2 is 1.54 bits per heavy atom. The summed E-state index contributed by atoms with van der Waals surface area (Å²) >= 11 is 3.38. The zero-order valence-corrected chi connectivity index (χ0v) is 17.5. The van der Waals surface area contributed by atoms with E-state index in [-0.39, 0.29) is 24.3 Å². The molecule has 3 amide bonds. The standard InChI is InChI=1S/C20H23BrN4O3/c1-13(20(28)23-16-10-8-15(9-11-16)22-14(2)26)25(3)12-19(27)24-18-7-5-4-6-17(18)21/h4-11,13H,12H2,1-3H3,(H,22,26)(H,23,28)(H,24,27)/t13-/m0/s1. The van der Waals surface area contributed by atoms with Gasteiger partial charge in [0, 0.05) is 22.8 Å². The third-order valence-electron chi connectivity index (χ3n) is 4.05. The van der Waals surface area contributed by atoms with Gasteiger partial charge in [-0.15, -0.1) is 0 Å². The Morgan fingerprint density at radius 1 is 0.964 bits per heavy atom. The number of benzene rings is 2. The predicted octanol–water partition coefficient (Wildman–Crippen LogP) is 3.31. The number of rotatable bonds is 7. The molecule has 0 fully saturated rings. The summed E-state index contributed by atoms with van der Waals surface area (Å²) in [6, 6.07) is 13.6. The number of hydrogen-bond donors (Lipinski definition) is 3. The highest BCUT2D eigenvalue weighted by Crippen LogP contribution is 2.21. The van der Waals surface area contributed by atoms with Crippen molar-refractivity contribution in [2.45, 2.75) is 19.9 Å². The molecule has 7 nitrogen and oxygen atoms in total. The van der Waals surface area contributed by atoms with Crippen molar-refractivity contribution >= 4 is 50.7 Å². The third kappa shape index (κ3) is 6.47. The normalized spacial score (nSPS) is 11.6. The summed E-state index contributed by atoms with van der Waals surface area (Å²) < 4.78 is 0.791. The molecule has 2 rings (SSSR count). The Morgan fingerprint density at radius 3 is 2.11 bits per heavy atom. The predicted molar refractivity (Wildman–Crippen MR) is 114 cm³/mol. The van der Waals surface area contributed by atoms with Crippen LogP contribution in [0.4, 0.5) is 17.1 Å². The van der Waals surface area contributed by atoms with Gasteiger partial charge in [-0.3, -0.25) is 19.3 Å². The maximum Gasteiger partial charge on any atom is 0.241 e. The van der Waals surface area contributed by atoms with Gasteiger partial charge in [0.25, 0.3) is 0 Å². The van der Waals surface area contributed by atoms with Crippen LogP contribution in [0.2, 0.25) is 0 Å². The first kappa shape index (κ1) is 21.6. The summed E-state index contributed by atoms with van der Waals surface area (Å²) in [6.45, 7) is 3.23. The van der Waals surface area contributed by atoms with Crippen LogP contribution in [0, 0.1) is 0 Å². The second kappa shape index (κ2) is 10.0. The molecule has 0 radical (unpaired) electrons. The summed E-state index contributed by atoms with van der Waals surface area (Å²) in [5.74, 6) is -0.606. The lowest BCUT2D eigenvalue weighted by atomic mass is 10.2. The number of halogens is 1. The van der Waals surface area contributed by atoms with Crippen LogP contribution in [0.5, 0.6) is 0 Å². The fraction of sp³-hybridized carbons (Fsp3) is 0.250. The molecular weight excluding hydrogens is 424 g/mol. The lowest BCUT2D eigenvalue weighted by Crippen LogP contribution is -2.43. The Balaban J connectivity index is 1.88.